The molecule has 4 atom stereocenters. The number of allylic oxidation sites excluding steroid dienone is 5. The van der Waals surface area contributed by atoms with Gasteiger partial charge < -0.3 is 23.6 Å². The number of epoxide rings is 1. The van der Waals surface area contributed by atoms with E-state index < -0.39 is 26.5 Å². The van der Waals surface area contributed by atoms with Gasteiger partial charge in [-0.15, -0.1) is 0 Å². The standard InChI is InChI=1S/C46H84NO9P/c1-6-8-10-11-12-13-14-15-16-17-18-19-20-21-25-28-32-36-45(48)52-40-42(41-54-57(50,51)53-39-38-47(3,4)5)55-46(49)37-33-29-26-23-22-24-27-31-35-44-43(56-44)34-30-9-7-2/h12-13,15-16,27,31,42-44H,6-11,14,17-26,28-30,32-41H2,1-5H3/p+1/b13-12-,16-15-,31-27-/t42-,43?,44?/m1/s1. The highest BCUT2D eigenvalue weighted by molar-refractivity contribution is 7.47. The average molecular weight is 827 g/mol. The van der Waals surface area contributed by atoms with Crippen LogP contribution in [0.1, 0.15) is 181 Å². The smallest absolute Gasteiger partial charge is 0.462 e. The fraction of sp³-hybridized carbons (Fsp3) is 0.826. The number of unbranched alkanes of at least 4 members (excludes halogenated alkanes) is 17. The highest BCUT2D eigenvalue weighted by Crippen LogP contribution is 2.43. The molecule has 1 rings (SSSR count). The fourth-order valence-electron chi connectivity index (χ4n) is 6.34. The van der Waals surface area contributed by atoms with Crippen LogP contribution in [0.15, 0.2) is 36.5 Å². The first kappa shape index (κ1) is 53.2. The predicted octanol–water partition coefficient (Wildman–Crippen LogP) is 11.9. The molecule has 1 saturated heterocycles. The summed E-state index contributed by atoms with van der Waals surface area (Å²) in [4.78, 5) is 35.4. The first-order chi connectivity index (χ1) is 27.5. The minimum atomic E-state index is -4.38. The van der Waals surface area contributed by atoms with E-state index >= 15 is 0 Å². The molecule has 0 saturated carbocycles. The quantitative estimate of drug-likeness (QED) is 0.0161. The van der Waals surface area contributed by atoms with Gasteiger partial charge in [0.05, 0.1) is 40.0 Å². The monoisotopic (exact) mass is 827 g/mol. The number of rotatable bonds is 40. The van der Waals surface area contributed by atoms with Crippen molar-refractivity contribution in [2.75, 3.05) is 47.5 Å². The van der Waals surface area contributed by atoms with E-state index in [1.807, 2.05) is 21.1 Å². The third-order valence-electron chi connectivity index (χ3n) is 10.1. The van der Waals surface area contributed by atoms with Crippen LogP contribution in [0, 0.1) is 0 Å². The summed E-state index contributed by atoms with van der Waals surface area (Å²) in [5, 5.41) is 0. The molecule has 3 unspecified atom stereocenters. The molecule has 10 nitrogen and oxygen atoms in total. The Hall–Kier alpha value is -1.81. The van der Waals surface area contributed by atoms with Crippen LogP contribution in [-0.4, -0.2) is 87.1 Å². The van der Waals surface area contributed by atoms with Crippen LogP contribution in [-0.2, 0) is 37.4 Å². The van der Waals surface area contributed by atoms with Crippen molar-refractivity contribution < 1.29 is 46.8 Å². The molecule has 1 N–H and O–H groups in total. The molecule has 0 radical (unpaired) electrons. The Labute approximate surface area is 348 Å². The minimum absolute atomic E-state index is 0.0246. The molecule has 1 aliphatic heterocycles. The second-order valence-electron chi connectivity index (χ2n) is 16.8. The maximum absolute atomic E-state index is 12.7. The van der Waals surface area contributed by atoms with E-state index in [-0.39, 0.29) is 32.0 Å². The van der Waals surface area contributed by atoms with Crippen LogP contribution in [0.25, 0.3) is 0 Å². The van der Waals surface area contributed by atoms with Crippen molar-refractivity contribution >= 4 is 19.8 Å². The molecular weight excluding hydrogens is 741 g/mol. The van der Waals surface area contributed by atoms with Gasteiger partial charge >= 0.3 is 19.8 Å². The Morgan fingerprint density at radius 1 is 0.649 bits per heavy atom. The Morgan fingerprint density at radius 2 is 1.18 bits per heavy atom. The SMILES string of the molecule is CCCCC/C=C\C/C=C\CCCCCCCCCC(=O)OC[C@H](COP(=O)(O)OCC[N+](C)(C)C)OC(=O)CCCCCCC/C=C\CC1OC1CCCCC. The van der Waals surface area contributed by atoms with Gasteiger partial charge in [0, 0.05) is 12.8 Å². The lowest BCUT2D eigenvalue weighted by Gasteiger charge is -2.24. The third-order valence-corrected chi connectivity index (χ3v) is 11.1. The van der Waals surface area contributed by atoms with Crippen LogP contribution in [0.5, 0.6) is 0 Å². The lowest BCUT2D eigenvalue weighted by atomic mass is 10.1. The Bertz CT molecular complexity index is 1140. The van der Waals surface area contributed by atoms with E-state index in [9.17, 15) is 19.0 Å². The molecule has 0 bridgehead atoms. The number of quaternary nitrogens is 1. The van der Waals surface area contributed by atoms with Crippen molar-refractivity contribution in [2.45, 2.75) is 199 Å². The van der Waals surface area contributed by atoms with Gasteiger partial charge in [-0.1, -0.05) is 134 Å². The summed E-state index contributed by atoms with van der Waals surface area (Å²) in [6.07, 6.45) is 40.7. The third kappa shape index (κ3) is 35.8. The predicted molar refractivity (Wildman–Crippen MR) is 233 cm³/mol. The molecule has 0 aliphatic carbocycles. The second-order valence-corrected chi connectivity index (χ2v) is 18.3. The number of carbonyl (C=O) groups is 2. The van der Waals surface area contributed by atoms with Gasteiger partial charge in [-0.25, -0.2) is 4.57 Å². The normalized spacial score (nSPS) is 17.4. The molecule has 0 aromatic carbocycles. The number of ether oxygens (including phenoxy) is 3. The van der Waals surface area contributed by atoms with Crippen molar-refractivity contribution in [1.82, 2.24) is 0 Å². The van der Waals surface area contributed by atoms with Crippen LogP contribution in [0.4, 0.5) is 0 Å². The largest absolute Gasteiger partial charge is 0.472 e. The highest BCUT2D eigenvalue weighted by atomic mass is 31.2. The topological polar surface area (TPSA) is 121 Å². The second kappa shape index (κ2) is 35.0. The fourth-order valence-corrected chi connectivity index (χ4v) is 7.09. The van der Waals surface area contributed by atoms with Crippen molar-refractivity contribution in [3.8, 4) is 0 Å². The zero-order chi connectivity index (χ0) is 41.9. The summed E-state index contributed by atoms with van der Waals surface area (Å²) in [6, 6.07) is 0. The van der Waals surface area contributed by atoms with E-state index in [2.05, 4.69) is 50.3 Å². The molecule has 1 fully saturated rings. The van der Waals surface area contributed by atoms with E-state index in [1.54, 1.807) is 0 Å². The summed E-state index contributed by atoms with van der Waals surface area (Å²) in [7, 11) is 1.45. The Kier molecular flexibility index (Phi) is 32.7. The Balaban J connectivity index is 2.27. The summed E-state index contributed by atoms with van der Waals surface area (Å²) in [5.41, 5.74) is 0. The van der Waals surface area contributed by atoms with Gasteiger partial charge in [-0.2, -0.15) is 0 Å². The van der Waals surface area contributed by atoms with Gasteiger partial charge in [0.2, 0.25) is 0 Å². The zero-order valence-corrected chi connectivity index (χ0v) is 37.9. The van der Waals surface area contributed by atoms with Crippen LogP contribution < -0.4 is 0 Å². The number of carbonyl (C=O) groups excluding carboxylic acids is 2. The lowest BCUT2D eigenvalue weighted by Crippen LogP contribution is -2.37. The van der Waals surface area contributed by atoms with Gasteiger partial charge in [0.1, 0.15) is 19.8 Å². The number of esters is 2. The van der Waals surface area contributed by atoms with Crippen molar-refractivity contribution in [1.29, 1.82) is 0 Å². The first-order valence-corrected chi connectivity index (χ1v) is 24.3. The summed E-state index contributed by atoms with van der Waals surface area (Å²) in [5.74, 6) is -0.828. The number of likely N-dealkylation sites (N-methyl/N-ethyl adjacent to an activating group) is 1. The number of hydrogen-bond donors (Lipinski definition) is 1. The van der Waals surface area contributed by atoms with Crippen LogP contribution in [0.3, 0.4) is 0 Å². The number of phosphoric acid groups is 1. The van der Waals surface area contributed by atoms with E-state index in [1.165, 1.54) is 70.6 Å². The van der Waals surface area contributed by atoms with Crippen molar-refractivity contribution in [3.63, 3.8) is 0 Å². The van der Waals surface area contributed by atoms with Crippen molar-refractivity contribution in [2.24, 2.45) is 0 Å². The van der Waals surface area contributed by atoms with Gasteiger partial charge in [-0.05, 0) is 70.6 Å². The lowest BCUT2D eigenvalue weighted by molar-refractivity contribution is -0.870. The molecule has 11 heteroatoms. The average Bonchev–Trinajstić information content (AvgIpc) is 3.91. The molecule has 57 heavy (non-hydrogen) atoms. The molecule has 0 amide bonds. The molecule has 0 aromatic heterocycles. The molecule has 0 spiro atoms. The number of hydrogen-bond acceptors (Lipinski definition) is 8. The molecule has 332 valence electrons. The van der Waals surface area contributed by atoms with Crippen molar-refractivity contribution in [3.05, 3.63) is 36.5 Å². The van der Waals surface area contributed by atoms with Gasteiger partial charge in [0.15, 0.2) is 6.10 Å². The zero-order valence-electron chi connectivity index (χ0n) is 37.0. The van der Waals surface area contributed by atoms with E-state index in [0.717, 1.165) is 77.0 Å². The first-order valence-electron chi connectivity index (χ1n) is 22.8. The van der Waals surface area contributed by atoms with E-state index in [4.69, 9.17) is 23.3 Å². The van der Waals surface area contributed by atoms with Gasteiger partial charge in [-0.3, -0.25) is 18.6 Å². The molecule has 1 aliphatic rings. The maximum atomic E-state index is 12.7. The van der Waals surface area contributed by atoms with Crippen LogP contribution >= 0.6 is 7.82 Å². The van der Waals surface area contributed by atoms with Crippen LogP contribution in [0.2, 0.25) is 0 Å². The summed E-state index contributed by atoms with van der Waals surface area (Å²) >= 11 is 0. The molecule has 1 heterocycles. The summed E-state index contributed by atoms with van der Waals surface area (Å²) < 4.78 is 40.1. The Morgan fingerprint density at radius 3 is 1.77 bits per heavy atom. The van der Waals surface area contributed by atoms with Gasteiger partial charge in [0.25, 0.3) is 0 Å². The minimum Gasteiger partial charge on any atom is -0.462 e. The number of nitrogens with zero attached hydrogens (tertiary/aromatic N) is 1. The molecule has 0 aromatic rings. The number of phosphoric ester groups is 1. The highest BCUT2D eigenvalue weighted by Gasteiger charge is 2.36. The molecular formula is C46H85NO9P+. The van der Waals surface area contributed by atoms with E-state index in [0.29, 0.717) is 29.7 Å². The maximum Gasteiger partial charge on any atom is 0.472 e. The summed E-state index contributed by atoms with van der Waals surface area (Å²) in [6.45, 7) is 4.33.